The third-order valence-corrected chi connectivity index (χ3v) is 5.41. The van der Waals surface area contributed by atoms with Gasteiger partial charge in [-0.2, -0.15) is 0 Å². The SMILES string of the molecule is Cc1ccc(C(=O)NC(C(=O)N2CCN(C(=O)CCC(C)C)CC2)C(C)C)cc1. The standard InChI is InChI=1S/C23H35N3O3/c1-16(2)6-11-20(27)25-12-14-26(15-13-25)23(29)21(17(3)4)24-22(28)19-9-7-18(5)8-10-19/h7-10,16-17,21H,6,11-15H2,1-5H3,(H,24,28). The summed E-state index contributed by atoms with van der Waals surface area (Å²) in [6, 6.07) is 6.74. The number of hydrogen-bond donors (Lipinski definition) is 1. The van der Waals surface area contributed by atoms with Crippen molar-refractivity contribution in [3.8, 4) is 0 Å². The Morgan fingerprint density at radius 1 is 0.931 bits per heavy atom. The number of nitrogens with zero attached hydrogens (tertiary/aromatic N) is 2. The molecule has 1 heterocycles. The lowest BCUT2D eigenvalue weighted by molar-refractivity contribution is -0.141. The van der Waals surface area contributed by atoms with Gasteiger partial charge in [0.05, 0.1) is 0 Å². The van der Waals surface area contributed by atoms with E-state index in [4.69, 9.17) is 0 Å². The van der Waals surface area contributed by atoms with Gasteiger partial charge in [-0.3, -0.25) is 14.4 Å². The minimum absolute atomic E-state index is 0.0254. The molecule has 1 aliphatic heterocycles. The van der Waals surface area contributed by atoms with Crippen LogP contribution >= 0.6 is 0 Å². The second-order valence-electron chi connectivity index (χ2n) is 8.70. The molecule has 3 amide bonds. The molecule has 1 aromatic rings. The summed E-state index contributed by atoms with van der Waals surface area (Å²) < 4.78 is 0. The summed E-state index contributed by atoms with van der Waals surface area (Å²) in [5, 5.41) is 2.91. The largest absolute Gasteiger partial charge is 0.340 e. The lowest BCUT2D eigenvalue weighted by Crippen LogP contribution is -2.57. The van der Waals surface area contributed by atoms with Crippen LogP contribution in [0.5, 0.6) is 0 Å². The number of carbonyl (C=O) groups excluding carboxylic acids is 3. The summed E-state index contributed by atoms with van der Waals surface area (Å²) in [6.45, 7) is 12.2. The molecule has 1 unspecified atom stereocenters. The average molecular weight is 402 g/mol. The van der Waals surface area contributed by atoms with Crippen molar-refractivity contribution in [1.29, 1.82) is 0 Å². The second kappa shape index (κ2) is 10.4. The summed E-state index contributed by atoms with van der Waals surface area (Å²) in [6.07, 6.45) is 1.45. The fraction of sp³-hybridized carbons (Fsp3) is 0.609. The Kier molecular flexibility index (Phi) is 8.23. The van der Waals surface area contributed by atoms with Crippen molar-refractivity contribution in [3.05, 3.63) is 35.4 Å². The van der Waals surface area contributed by atoms with Crippen molar-refractivity contribution in [3.63, 3.8) is 0 Å². The van der Waals surface area contributed by atoms with E-state index in [0.717, 1.165) is 12.0 Å². The van der Waals surface area contributed by atoms with E-state index in [-0.39, 0.29) is 23.6 Å². The molecule has 1 N–H and O–H groups in total. The highest BCUT2D eigenvalue weighted by molar-refractivity contribution is 5.97. The molecule has 6 heteroatoms. The van der Waals surface area contributed by atoms with Crippen molar-refractivity contribution in [1.82, 2.24) is 15.1 Å². The fourth-order valence-corrected chi connectivity index (χ4v) is 3.39. The third-order valence-electron chi connectivity index (χ3n) is 5.41. The maximum atomic E-state index is 13.1. The molecule has 1 saturated heterocycles. The Balaban J connectivity index is 1.93. The summed E-state index contributed by atoms with van der Waals surface area (Å²) >= 11 is 0. The van der Waals surface area contributed by atoms with Gasteiger partial charge in [-0.1, -0.05) is 45.4 Å². The minimum Gasteiger partial charge on any atom is -0.340 e. The molecule has 0 aromatic heterocycles. The number of carbonyl (C=O) groups is 3. The zero-order valence-corrected chi connectivity index (χ0v) is 18.4. The van der Waals surface area contributed by atoms with Crippen LogP contribution in [0, 0.1) is 18.8 Å². The van der Waals surface area contributed by atoms with Crippen LogP contribution in [0.15, 0.2) is 24.3 Å². The Hall–Kier alpha value is -2.37. The topological polar surface area (TPSA) is 69.7 Å². The molecular weight excluding hydrogens is 366 g/mol. The zero-order chi connectivity index (χ0) is 21.6. The van der Waals surface area contributed by atoms with Crippen molar-refractivity contribution < 1.29 is 14.4 Å². The first kappa shape index (κ1) is 22.9. The molecule has 1 aliphatic rings. The maximum Gasteiger partial charge on any atom is 0.251 e. The fourth-order valence-electron chi connectivity index (χ4n) is 3.39. The van der Waals surface area contributed by atoms with E-state index in [1.54, 1.807) is 17.0 Å². The molecule has 1 atom stereocenters. The lowest BCUT2D eigenvalue weighted by atomic mass is 10.0. The summed E-state index contributed by atoms with van der Waals surface area (Å²) in [4.78, 5) is 41.6. The Morgan fingerprint density at radius 2 is 1.48 bits per heavy atom. The first-order chi connectivity index (χ1) is 13.7. The van der Waals surface area contributed by atoms with Gasteiger partial charge in [0, 0.05) is 38.2 Å². The number of rotatable bonds is 7. The van der Waals surface area contributed by atoms with Gasteiger partial charge in [0.2, 0.25) is 11.8 Å². The van der Waals surface area contributed by atoms with Crippen LogP contribution in [0.1, 0.15) is 56.5 Å². The molecule has 0 radical (unpaired) electrons. The Morgan fingerprint density at radius 3 is 2.00 bits per heavy atom. The predicted octanol–water partition coefficient (Wildman–Crippen LogP) is 2.86. The van der Waals surface area contributed by atoms with Crippen LogP contribution in [0.3, 0.4) is 0 Å². The second-order valence-corrected chi connectivity index (χ2v) is 8.70. The molecule has 0 spiro atoms. The minimum atomic E-state index is -0.577. The summed E-state index contributed by atoms with van der Waals surface area (Å²) in [5.41, 5.74) is 1.63. The number of hydrogen-bond acceptors (Lipinski definition) is 3. The number of amides is 3. The van der Waals surface area contributed by atoms with Crippen LogP contribution < -0.4 is 5.32 Å². The number of aryl methyl sites for hydroxylation is 1. The van der Waals surface area contributed by atoms with Gasteiger partial charge in [-0.15, -0.1) is 0 Å². The van der Waals surface area contributed by atoms with Gasteiger partial charge < -0.3 is 15.1 Å². The predicted molar refractivity (Wildman–Crippen MR) is 115 cm³/mol. The summed E-state index contributed by atoms with van der Waals surface area (Å²) in [7, 11) is 0. The Labute approximate surface area is 174 Å². The molecule has 1 fully saturated rings. The molecule has 0 bridgehead atoms. The number of piperazine rings is 1. The lowest BCUT2D eigenvalue weighted by Gasteiger charge is -2.37. The molecule has 1 aromatic carbocycles. The van der Waals surface area contributed by atoms with Crippen molar-refractivity contribution in [2.45, 2.75) is 53.5 Å². The monoisotopic (exact) mass is 401 g/mol. The highest BCUT2D eigenvalue weighted by Crippen LogP contribution is 2.13. The highest BCUT2D eigenvalue weighted by Gasteiger charge is 2.31. The number of benzene rings is 1. The van der Waals surface area contributed by atoms with Gasteiger partial charge in [-0.05, 0) is 37.3 Å². The van der Waals surface area contributed by atoms with Crippen LogP contribution in [0.25, 0.3) is 0 Å². The molecular formula is C23H35N3O3. The van der Waals surface area contributed by atoms with E-state index in [1.165, 1.54) is 0 Å². The van der Waals surface area contributed by atoms with E-state index >= 15 is 0 Å². The van der Waals surface area contributed by atoms with Crippen molar-refractivity contribution in [2.24, 2.45) is 11.8 Å². The van der Waals surface area contributed by atoms with Gasteiger partial charge in [0.15, 0.2) is 0 Å². The first-order valence-corrected chi connectivity index (χ1v) is 10.6. The smallest absolute Gasteiger partial charge is 0.251 e. The molecule has 6 nitrogen and oxygen atoms in total. The van der Waals surface area contributed by atoms with Crippen molar-refractivity contribution in [2.75, 3.05) is 26.2 Å². The summed E-state index contributed by atoms with van der Waals surface area (Å²) in [5.74, 6) is 0.335. The van der Waals surface area contributed by atoms with E-state index in [9.17, 15) is 14.4 Å². The van der Waals surface area contributed by atoms with Gasteiger partial charge in [-0.25, -0.2) is 0 Å². The molecule has 29 heavy (non-hydrogen) atoms. The number of nitrogens with one attached hydrogen (secondary N) is 1. The maximum absolute atomic E-state index is 13.1. The van der Waals surface area contributed by atoms with Crippen LogP contribution in [-0.4, -0.2) is 59.7 Å². The van der Waals surface area contributed by atoms with Gasteiger partial charge >= 0.3 is 0 Å². The molecule has 2 rings (SSSR count). The van der Waals surface area contributed by atoms with E-state index in [1.807, 2.05) is 37.8 Å². The highest BCUT2D eigenvalue weighted by atomic mass is 16.2. The normalized spacial score (nSPS) is 15.6. The van der Waals surface area contributed by atoms with Crippen LogP contribution in [0.2, 0.25) is 0 Å². The first-order valence-electron chi connectivity index (χ1n) is 10.6. The van der Waals surface area contributed by atoms with Gasteiger partial charge in [0.1, 0.15) is 6.04 Å². The quantitative estimate of drug-likeness (QED) is 0.764. The zero-order valence-electron chi connectivity index (χ0n) is 18.4. The van der Waals surface area contributed by atoms with Crippen LogP contribution in [-0.2, 0) is 9.59 Å². The Bertz CT molecular complexity index is 705. The average Bonchev–Trinajstić information content (AvgIpc) is 2.70. The molecule has 0 aliphatic carbocycles. The molecule has 0 saturated carbocycles. The van der Waals surface area contributed by atoms with Crippen molar-refractivity contribution >= 4 is 17.7 Å². The third kappa shape index (κ3) is 6.58. The van der Waals surface area contributed by atoms with E-state index < -0.39 is 6.04 Å². The van der Waals surface area contributed by atoms with Gasteiger partial charge in [0.25, 0.3) is 5.91 Å². The van der Waals surface area contributed by atoms with E-state index in [0.29, 0.717) is 44.1 Å². The van der Waals surface area contributed by atoms with E-state index in [2.05, 4.69) is 19.2 Å². The molecule has 160 valence electrons. The van der Waals surface area contributed by atoms with Crippen LogP contribution in [0.4, 0.5) is 0 Å².